The van der Waals surface area contributed by atoms with Crippen molar-refractivity contribution in [3.05, 3.63) is 70.8 Å². The summed E-state index contributed by atoms with van der Waals surface area (Å²) in [6.07, 6.45) is 0.349. The first kappa shape index (κ1) is 14.2. The van der Waals surface area contributed by atoms with Gasteiger partial charge >= 0.3 is 0 Å². The molecule has 4 heteroatoms. The molecule has 2 nitrogen and oxygen atoms in total. The fourth-order valence-electron chi connectivity index (χ4n) is 1.65. The maximum absolute atomic E-state index is 12.4. The zero-order valence-electron chi connectivity index (χ0n) is 11.0. The van der Waals surface area contributed by atoms with Gasteiger partial charge in [0.15, 0.2) is 0 Å². The largest absolute Gasteiger partial charge is 0.390 e. The molecule has 20 heavy (non-hydrogen) atoms. The van der Waals surface area contributed by atoms with Crippen LogP contribution in [0.1, 0.15) is 28.7 Å². The maximum atomic E-state index is 12.4. The van der Waals surface area contributed by atoms with Gasteiger partial charge in [-0.15, -0.1) is 0 Å². The molecule has 2 rings (SSSR count). The summed E-state index contributed by atoms with van der Waals surface area (Å²) in [5, 5.41) is 3.76. The number of aryl methyl sites for hydroxylation is 1. The van der Waals surface area contributed by atoms with Crippen LogP contribution in [0.25, 0.3) is 0 Å². The van der Waals surface area contributed by atoms with E-state index in [0.29, 0.717) is 0 Å². The minimum absolute atomic E-state index is 0.00345. The highest BCUT2D eigenvalue weighted by molar-refractivity contribution is 5.81. The van der Waals surface area contributed by atoms with Gasteiger partial charge in [0.05, 0.1) is 0 Å². The highest BCUT2D eigenvalue weighted by Gasteiger charge is 2.05. The third kappa shape index (κ3) is 3.88. The van der Waals surface area contributed by atoms with E-state index in [1.165, 1.54) is 12.1 Å². The summed E-state index contributed by atoms with van der Waals surface area (Å²) in [4.78, 5) is 5.11. The Morgan fingerprint density at radius 2 is 1.80 bits per heavy atom. The van der Waals surface area contributed by atoms with Crippen molar-refractivity contribution in [1.82, 2.24) is 0 Å². The number of nitrogens with zero attached hydrogens (tertiary/aromatic N) is 1. The lowest BCUT2D eigenvalue weighted by atomic mass is 10.1. The van der Waals surface area contributed by atoms with Crippen LogP contribution in [-0.2, 0) is 11.4 Å². The molecular formula is C16H14F2NO. The smallest absolute Gasteiger partial charge is 0.263 e. The van der Waals surface area contributed by atoms with Crippen molar-refractivity contribution in [2.24, 2.45) is 5.16 Å². The number of benzene rings is 2. The molecule has 0 aliphatic rings. The SMILES string of the molecule is Cc1ccccc1/[C]=N\OCc1ccc(C(F)F)cc1. The van der Waals surface area contributed by atoms with Crippen LogP contribution in [0.5, 0.6) is 0 Å². The Morgan fingerprint density at radius 3 is 2.45 bits per heavy atom. The topological polar surface area (TPSA) is 21.6 Å². The van der Waals surface area contributed by atoms with Crippen LogP contribution < -0.4 is 0 Å². The fourth-order valence-corrected chi connectivity index (χ4v) is 1.65. The van der Waals surface area contributed by atoms with Crippen molar-refractivity contribution in [3.8, 4) is 0 Å². The van der Waals surface area contributed by atoms with Gasteiger partial charge in [-0.05, 0) is 18.1 Å². The molecule has 0 aliphatic heterocycles. The molecule has 2 aromatic rings. The van der Waals surface area contributed by atoms with Gasteiger partial charge in [-0.3, -0.25) is 0 Å². The van der Waals surface area contributed by atoms with E-state index in [9.17, 15) is 8.78 Å². The molecule has 0 heterocycles. The molecule has 0 fully saturated rings. The average molecular weight is 274 g/mol. The van der Waals surface area contributed by atoms with E-state index in [0.717, 1.165) is 16.7 Å². The Kier molecular flexibility index (Phi) is 4.82. The minimum atomic E-state index is -2.45. The summed E-state index contributed by atoms with van der Waals surface area (Å²) in [5.74, 6) is 0. The first-order valence-electron chi connectivity index (χ1n) is 6.17. The van der Waals surface area contributed by atoms with Gasteiger partial charge in [-0.1, -0.05) is 53.7 Å². The number of alkyl halides is 2. The van der Waals surface area contributed by atoms with E-state index >= 15 is 0 Å². The van der Waals surface area contributed by atoms with Crippen molar-refractivity contribution in [2.75, 3.05) is 0 Å². The minimum Gasteiger partial charge on any atom is -0.390 e. The molecule has 0 N–H and O–H groups in total. The molecule has 0 aliphatic carbocycles. The molecule has 0 saturated heterocycles. The zero-order valence-corrected chi connectivity index (χ0v) is 11.0. The van der Waals surface area contributed by atoms with Crippen molar-refractivity contribution >= 4 is 6.21 Å². The van der Waals surface area contributed by atoms with E-state index in [1.807, 2.05) is 31.2 Å². The number of hydrogen-bond acceptors (Lipinski definition) is 2. The summed E-state index contributed by atoms with van der Waals surface area (Å²) in [6.45, 7) is 2.18. The van der Waals surface area contributed by atoms with Crippen molar-refractivity contribution in [3.63, 3.8) is 0 Å². The Labute approximate surface area is 116 Å². The first-order valence-corrected chi connectivity index (χ1v) is 6.17. The quantitative estimate of drug-likeness (QED) is 0.586. The molecule has 103 valence electrons. The Bertz CT molecular complexity index is 579. The van der Waals surface area contributed by atoms with Crippen LogP contribution in [0.4, 0.5) is 8.78 Å². The fraction of sp³-hybridized carbons (Fsp3) is 0.188. The van der Waals surface area contributed by atoms with E-state index in [2.05, 4.69) is 11.4 Å². The maximum Gasteiger partial charge on any atom is 0.263 e. The van der Waals surface area contributed by atoms with Gasteiger partial charge in [-0.25, -0.2) is 8.78 Å². The highest BCUT2D eigenvalue weighted by Crippen LogP contribution is 2.18. The number of rotatable bonds is 5. The predicted molar refractivity (Wildman–Crippen MR) is 73.9 cm³/mol. The second kappa shape index (κ2) is 6.80. The molecule has 0 unspecified atom stereocenters. The number of halogens is 2. The monoisotopic (exact) mass is 274 g/mol. The zero-order chi connectivity index (χ0) is 14.4. The van der Waals surface area contributed by atoms with Gasteiger partial charge in [0.25, 0.3) is 6.43 Å². The molecule has 2 aromatic carbocycles. The van der Waals surface area contributed by atoms with Gasteiger partial charge in [0, 0.05) is 11.1 Å². The van der Waals surface area contributed by atoms with Crippen molar-refractivity contribution in [1.29, 1.82) is 0 Å². The second-order valence-electron chi connectivity index (χ2n) is 4.33. The molecule has 0 saturated carbocycles. The van der Waals surface area contributed by atoms with Gasteiger partial charge in [0.1, 0.15) is 12.8 Å². The van der Waals surface area contributed by atoms with E-state index in [1.54, 1.807) is 12.1 Å². The van der Waals surface area contributed by atoms with Crippen LogP contribution in [0, 0.1) is 6.92 Å². The van der Waals surface area contributed by atoms with Crippen LogP contribution in [0.2, 0.25) is 0 Å². The molecular weight excluding hydrogens is 260 g/mol. The molecule has 1 radical (unpaired) electrons. The standard InChI is InChI=1S/C16H14F2NO/c1-12-4-2-3-5-15(12)10-19-20-11-13-6-8-14(9-7-13)16(17)18/h2-9,16H,11H2,1H3. The lowest BCUT2D eigenvalue weighted by Gasteiger charge is -2.02. The molecule has 0 bridgehead atoms. The van der Waals surface area contributed by atoms with Gasteiger partial charge < -0.3 is 4.84 Å². The average Bonchev–Trinajstić information content (AvgIpc) is 2.46. The normalized spacial score (nSPS) is 11.2. The van der Waals surface area contributed by atoms with E-state index in [-0.39, 0.29) is 12.2 Å². The Balaban J connectivity index is 1.88. The molecule has 0 spiro atoms. The summed E-state index contributed by atoms with van der Waals surface area (Å²) in [5.41, 5.74) is 2.70. The van der Waals surface area contributed by atoms with Crippen LogP contribution in [0.3, 0.4) is 0 Å². The summed E-state index contributed by atoms with van der Waals surface area (Å²) in [6, 6.07) is 13.7. The Morgan fingerprint density at radius 1 is 1.10 bits per heavy atom. The van der Waals surface area contributed by atoms with E-state index in [4.69, 9.17) is 4.84 Å². The summed E-state index contributed by atoms with van der Waals surface area (Å²) >= 11 is 0. The second-order valence-corrected chi connectivity index (χ2v) is 4.33. The third-order valence-electron chi connectivity index (χ3n) is 2.84. The predicted octanol–water partition coefficient (Wildman–Crippen LogP) is 4.36. The molecule has 0 atom stereocenters. The summed E-state index contributed by atoms with van der Waals surface area (Å²) in [7, 11) is 0. The van der Waals surface area contributed by atoms with Crippen LogP contribution in [0.15, 0.2) is 53.7 Å². The van der Waals surface area contributed by atoms with Crippen LogP contribution in [-0.4, -0.2) is 6.21 Å². The molecule has 0 aromatic heterocycles. The summed E-state index contributed by atoms with van der Waals surface area (Å²) < 4.78 is 24.7. The van der Waals surface area contributed by atoms with Crippen molar-refractivity contribution in [2.45, 2.75) is 20.0 Å². The third-order valence-corrected chi connectivity index (χ3v) is 2.84. The van der Waals surface area contributed by atoms with Crippen LogP contribution >= 0.6 is 0 Å². The molecule has 0 amide bonds. The van der Waals surface area contributed by atoms with E-state index < -0.39 is 6.43 Å². The highest BCUT2D eigenvalue weighted by atomic mass is 19.3. The van der Waals surface area contributed by atoms with Gasteiger partial charge in [0.2, 0.25) is 0 Å². The Hall–Kier alpha value is -2.23. The lowest BCUT2D eigenvalue weighted by Crippen LogP contribution is -1.91. The number of hydrogen-bond donors (Lipinski definition) is 0. The lowest BCUT2D eigenvalue weighted by molar-refractivity contribution is 0.131. The van der Waals surface area contributed by atoms with Gasteiger partial charge in [-0.2, -0.15) is 0 Å². The van der Waals surface area contributed by atoms with Crippen molar-refractivity contribution < 1.29 is 13.6 Å². The first-order chi connectivity index (χ1) is 9.66.